The lowest BCUT2D eigenvalue weighted by Gasteiger charge is -2.11. The molecule has 4 aromatic carbocycles. The van der Waals surface area contributed by atoms with Crippen molar-refractivity contribution in [3.05, 3.63) is 141 Å². The van der Waals surface area contributed by atoms with Crippen molar-refractivity contribution >= 4 is 43.6 Å². The first-order valence-corrected chi connectivity index (χ1v) is 13.2. The first kappa shape index (κ1) is 22.4. The molecule has 0 unspecified atom stereocenters. The predicted octanol–water partition coefficient (Wildman–Crippen LogP) is 8.00. The SMILES string of the molecule is [CH2-][n+]1ccccc1-n1c2ccccc2c2ccc(Oc3ccc4c5ccccc5n(-c5ccccn5)c4c3)cc21. The molecule has 0 saturated carbocycles. The summed E-state index contributed by atoms with van der Waals surface area (Å²) in [6, 6.07) is 41.5. The van der Waals surface area contributed by atoms with E-state index in [1.165, 1.54) is 10.8 Å². The maximum Gasteiger partial charge on any atom is 0.184 e. The number of rotatable bonds is 4. The van der Waals surface area contributed by atoms with Crippen molar-refractivity contribution in [1.29, 1.82) is 0 Å². The Morgan fingerprint density at radius 3 is 1.77 bits per heavy atom. The lowest BCUT2D eigenvalue weighted by Crippen LogP contribution is -2.30. The molecule has 0 amide bonds. The number of fused-ring (bicyclic) bond motifs is 6. The van der Waals surface area contributed by atoms with E-state index in [2.05, 4.69) is 100 Å². The highest BCUT2D eigenvalue weighted by Crippen LogP contribution is 2.37. The van der Waals surface area contributed by atoms with Crippen LogP contribution < -0.4 is 9.30 Å². The zero-order valence-electron chi connectivity index (χ0n) is 21.6. The van der Waals surface area contributed by atoms with E-state index in [0.717, 1.165) is 56.0 Å². The molecule has 0 atom stereocenters. The van der Waals surface area contributed by atoms with Crippen molar-refractivity contribution in [3.63, 3.8) is 0 Å². The van der Waals surface area contributed by atoms with Crippen LogP contribution in [0.25, 0.3) is 55.2 Å². The highest BCUT2D eigenvalue weighted by atomic mass is 16.5. The Hall–Kier alpha value is -5.55. The van der Waals surface area contributed by atoms with E-state index in [9.17, 15) is 0 Å². The number of nitrogens with zero attached hydrogens (tertiary/aromatic N) is 4. The summed E-state index contributed by atoms with van der Waals surface area (Å²) in [6.07, 6.45) is 3.79. The molecule has 4 heterocycles. The van der Waals surface area contributed by atoms with Gasteiger partial charge in [-0.2, -0.15) is 0 Å². The van der Waals surface area contributed by atoms with E-state index in [-0.39, 0.29) is 0 Å². The number of pyridine rings is 2. The van der Waals surface area contributed by atoms with Crippen molar-refractivity contribution in [2.24, 2.45) is 0 Å². The summed E-state index contributed by atoms with van der Waals surface area (Å²) in [5, 5.41) is 4.70. The average Bonchev–Trinajstić information content (AvgIpc) is 3.50. The van der Waals surface area contributed by atoms with Gasteiger partial charge in [0.25, 0.3) is 0 Å². The van der Waals surface area contributed by atoms with Crippen LogP contribution in [0.3, 0.4) is 0 Å². The maximum absolute atomic E-state index is 6.53. The van der Waals surface area contributed by atoms with Crippen LogP contribution in [0, 0.1) is 7.05 Å². The molecular formula is C35H24N4O. The lowest BCUT2D eigenvalue weighted by atomic mass is 10.1. The molecule has 0 radical (unpaired) electrons. The Kier molecular flexibility index (Phi) is 4.91. The van der Waals surface area contributed by atoms with Crippen molar-refractivity contribution in [3.8, 4) is 23.1 Å². The number of para-hydroxylation sites is 2. The van der Waals surface area contributed by atoms with Crippen molar-refractivity contribution in [1.82, 2.24) is 14.1 Å². The van der Waals surface area contributed by atoms with Crippen LogP contribution in [0.4, 0.5) is 0 Å². The van der Waals surface area contributed by atoms with E-state index >= 15 is 0 Å². The van der Waals surface area contributed by atoms with Crippen LogP contribution in [0.15, 0.2) is 134 Å². The predicted molar refractivity (Wildman–Crippen MR) is 160 cm³/mol. The number of hydrogen-bond donors (Lipinski definition) is 0. The van der Waals surface area contributed by atoms with Gasteiger partial charge in [0.15, 0.2) is 5.82 Å². The fourth-order valence-electron chi connectivity index (χ4n) is 5.81. The number of aromatic nitrogens is 4. The van der Waals surface area contributed by atoms with Gasteiger partial charge in [-0.3, -0.25) is 4.57 Å². The van der Waals surface area contributed by atoms with Gasteiger partial charge in [0.2, 0.25) is 0 Å². The Morgan fingerprint density at radius 2 is 1.12 bits per heavy atom. The fourth-order valence-corrected chi connectivity index (χ4v) is 5.81. The molecule has 8 aromatic rings. The van der Waals surface area contributed by atoms with Gasteiger partial charge in [0, 0.05) is 39.9 Å². The molecule has 8 rings (SSSR count). The van der Waals surface area contributed by atoms with E-state index in [4.69, 9.17) is 4.74 Å². The molecule has 5 nitrogen and oxygen atoms in total. The van der Waals surface area contributed by atoms with Crippen LogP contribution in [-0.4, -0.2) is 14.1 Å². The highest BCUT2D eigenvalue weighted by molar-refractivity contribution is 6.10. The van der Waals surface area contributed by atoms with Gasteiger partial charge in [0.1, 0.15) is 28.4 Å². The van der Waals surface area contributed by atoms with Gasteiger partial charge in [-0.25, -0.2) is 9.55 Å². The molecule has 5 heteroatoms. The minimum absolute atomic E-state index is 0.765. The topological polar surface area (TPSA) is 35.9 Å². The second-order valence-electron chi connectivity index (χ2n) is 9.88. The zero-order chi connectivity index (χ0) is 26.6. The van der Waals surface area contributed by atoms with Crippen LogP contribution in [0.2, 0.25) is 0 Å². The molecule has 0 N–H and O–H groups in total. The summed E-state index contributed by atoms with van der Waals surface area (Å²) in [5.41, 5.74) is 4.35. The standard InChI is InChI=1S/C35H24N4O/c1-37-21-9-7-15-35(37)39-31-13-5-3-11-27(31)29-19-17-25(23-33(29)39)40-24-16-18-28-26-10-2-4-12-30(26)38(32(28)22-24)34-14-6-8-20-36-34/h2-23H,1H2. The minimum atomic E-state index is 0.765. The molecule has 0 saturated heterocycles. The Bertz CT molecular complexity index is 2210. The summed E-state index contributed by atoms with van der Waals surface area (Å²) in [5.74, 6) is 3.39. The number of hydrogen-bond acceptors (Lipinski definition) is 2. The molecule has 0 fully saturated rings. The third-order valence-electron chi connectivity index (χ3n) is 7.55. The molecule has 40 heavy (non-hydrogen) atoms. The monoisotopic (exact) mass is 516 g/mol. The van der Waals surface area contributed by atoms with Gasteiger partial charge < -0.3 is 9.30 Å². The van der Waals surface area contributed by atoms with E-state index in [1.807, 2.05) is 59.4 Å². The van der Waals surface area contributed by atoms with E-state index < -0.39 is 0 Å². The summed E-state index contributed by atoms with van der Waals surface area (Å²) in [6.45, 7) is 0. The minimum Gasteiger partial charge on any atom is -0.457 e. The van der Waals surface area contributed by atoms with Gasteiger partial charge in [-0.15, -0.1) is 0 Å². The molecule has 0 aliphatic carbocycles. The van der Waals surface area contributed by atoms with Gasteiger partial charge >= 0.3 is 0 Å². The van der Waals surface area contributed by atoms with Crippen molar-refractivity contribution in [2.75, 3.05) is 0 Å². The second-order valence-corrected chi connectivity index (χ2v) is 9.88. The largest absolute Gasteiger partial charge is 0.457 e. The van der Waals surface area contributed by atoms with Crippen LogP contribution in [0.5, 0.6) is 11.5 Å². The average molecular weight is 517 g/mol. The maximum atomic E-state index is 6.53. The molecule has 0 spiro atoms. The number of ether oxygens (including phenoxy) is 1. The number of benzene rings is 4. The summed E-state index contributed by atoms with van der Waals surface area (Å²) in [4.78, 5) is 4.65. The highest BCUT2D eigenvalue weighted by Gasteiger charge is 2.18. The summed E-state index contributed by atoms with van der Waals surface area (Å²) in [7, 11) is 4.22. The zero-order valence-corrected chi connectivity index (χ0v) is 21.6. The second kappa shape index (κ2) is 8.75. The van der Waals surface area contributed by atoms with Crippen LogP contribution in [0.1, 0.15) is 0 Å². The molecule has 190 valence electrons. The molecule has 0 bridgehead atoms. The quantitative estimate of drug-likeness (QED) is 0.176. The molecule has 0 aliphatic rings. The normalized spacial score (nSPS) is 11.6. The fraction of sp³-hybridized carbons (Fsp3) is 0. The van der Waals surface area contributed by atoms with Gasteiger partial charge in [-0.05, 0) is 73.9 Å². The van der Waals surface area contributed by atoms with E-state index in [1.54, 1.807) is 0 Å². The summed E-state index contributed by atoms with van der Waals surface area (Å²) >= 11 is 0. The molecule has 4 aromatic heterocycles. The van der Waals surface area contributed by atoms with Crippen LogP contribution >= 0.6 is 0 Å². The summed E-state index contributed by atoms with van der Waals surface area (Å²) < 4.78 is 12.9. The Labute approximate surface area is 230 Å². The van der Waals surface area contributed by atoms with E-state index in [0.29, 0.717) is 0 Å². The third-order valence-corrected chi connectivity index (χ3v) is 7.55. The Balaban J connectivity index is 1.30. The third kappa shape index (κ3) is 3.38. The van der Waals surface area contributed by atoms with Gasteiger partial charge in [-0.1, -0.05) is 48.5 Å². The lowest BCUT2D eigenvalue weighted by molar-refractivity contribution is -0.606. The van der Waals surface area contributed by atoms with Crippen molar-refractivity contribution < 1.29 is 9.30 Å². The van der Waals surface area contributed by atoms with Crippen LogP contribution in [-0.2, 0) is 0 Å². The first-order chi connectivity index (χ1) is 19.8. The molecule has 0 aliphatic heterocycles. The Morgan fingerprint density at radius 1 is 0.550 bits per heavy atom. The van der Waals surface area contributed by atoms with Gasteiger partial charge in [0.05, 0.1) is 11.0 Å². The first-order valence-electron chi connectivity index (χ1n) is 13.2. The smallest absolute Gasteiger partial charge is 0.184 e. The van der Waals surface area contributed by atoms with Crippen molar-refractivity contribution in [2.45, 2.75) is 0 Å². The molecular weight excluding hydrogens is 492 g/mol.